The highest BCUT2D eigenvalue weighted by atomic mass is 19.1. The van der Waals surface area contributed by atoms with Crippen LogP contribution in [0.15, 0.2) is 23.2 Å². The van der Waals surface area contributed by atoms with Crippen LogP contribution in [0.2, 0.25) is 0 Å². The van der Waals surface area contributed by atoms with Crippen molar-refractivity contribution in [3.8, 4) is 0 Å². The molecule has 2 aromatic rings. The summed E-state index contributed by atoms with van der Waals surface area (Å²) in [6, 6.07) is 4.77. The zero-order chi connectivity index (χ0) is 29.9. The number of carbonyl (C=O) groups is 1. The minimum absolute atomic E-state index is 0.254. The molecule has 0 radical (unpaired) electrons. The number of nitrogens with zero attached hydrogens (tertiary/aromatic N) is 6. The van der Waals surface area contributed by atoms with E-state index in [1.807, 2.05) is 22.7 Å². The lowest BCUT2D eigenvalue weighted by Gasteiger charge is -2.45. The number of carbonyl (C=O) groups excluding carboxylic acids is 1. The molecule has 0 saturated carbocycles. The van der Waals surface area contributed by atoms with Gasteiger partial charge in [0.25, 0.3) is 0 Å². The number of aromatic nitrogens is 2. The first-order valence-corrected chi connectivity index (χ1v) is 15.3. The van der Waals surface area contributed by atoms with Crippen molar-refractivity contribution in [2.24, 2.45) is 23.2 Å². The van der Waals surface area contributed by atoms with E-state index >= 15 is 8.78 Å². The molecule has 1 aromatic heterocycles. The first-order chi connectivity index (χ1) is 20.1. The highest BCUT2D eigenvalue weighted by Crippen LogP contribution is 2.36. The molecule has 0 aliphatic carbocycles. The summed E-state index contributed by atoms with van der Waals surface area (Å²) in [7, 11) is 1.92. The summed E-state index contributed by atoms with van der Waals surface area (Å²) >= 11 is 0. The summed E-state index contributed by atoms with van der Waals surface area (Å²) in [5, 5.41) is 8.10. The van der Waals surface area contributed by atoms with Crippen molar-refractivity contribution in [2.45, 2.75) is 70.9 Å². The van der Waals surface area contributed by atoms with E-state index in [1.165, 1.54) is 12.1 Å². The second-order valence-corrected chi connectivity index (χ2v) is 13.1. The highest BCUT2D eigenvalue weighted by molar-refractivity contribution is 5.87. The van der Waals surface area contributed by atoms with E-state index in [0.29, 0.717) is 36.3 Å². The van der Waals surface area contributed by atoms with Crippen molar-refractivity contribution in [3.63, 3.8) is 0 Å². The van der Waals surface area contributed by atoms with Gasteiger partial charge in [0.15, 0.2) is 5.82 Å². The third-order valence-corrected chi connectivity index (χ3v) is 9.22. The van der Waals surface area contributed by atoms with Gasteiger partial charge in [0.1, 0.15) is 29.6 Å². The molecule has 1 spiro atoms. The average Bonchev–Trinajstić information content (AvgIpc) is 3.31. The van der Waals surface area contributed by atoms with E-state index in [-0.39, 0.29) is 18.0 Å². The van der Waals surface area contributed by atoms with Gasteiger partial charge in [-0.1, -0.05) is 13.8 Å². The van der Waals surface area contributed by atoms with Crippen molar-refractivity contribution in [1.82, 2.24) is 14.7 Å². The lowest BCUT2D eigenvalue weighted by atomic mass is 9.82. The number of hydrogen-bond acceptors (Lipinski definition) is 8. The number of hydrogen-bond donors (Lipinski definition) is 2. The number of anilines is 3. The molecule has 3 aliphatic heterocycles. The van der Waals surface area contributed by atoms with Crippen molar-refractivity contribution >= 4 is 29.4 Å². The molecule has 0 amide bonds. The Kier molecular flexibility index (Phi) is 9.05. The monoisotopic (exact) mass is 584 g/mol. The highest BCUT2D eigenvalue weighted by Gasteiger charge is 2.40. The van der Waals surface area contributed by atoms with Crippen LogP contribution in [0.1, 0.15) is 64.4 Å². The Morgan fingerprint density at radius 2 is 1.74 bits per heavy atom. The molecule has 4 heterocycles. The van der Waals surface area contributed by atoms with Crippen LogP contribution in [-0.2, 0) is 18.4 Å². The maximum Gasteiger partial charge on any atom is 0.152 e. The molecule has 3 N–H and O–H groups in total. The number of piperidine rings is 2. The summed E-state index contributed by atoms with van der Waals surface area (Å²) in [5.74, 6) is 1.50. The molecule has 0 bridgehead atoms. The van der Waals surface area contributed by atoms with Crippen LogP contribution < -0.4 is 20.9 Å². The van der Waals surface area contributed by atoms with Gasteiger partial charge in [-0.2, -0.15) is 5.10 Å². The standard InChI is InChI=1S/C31H46F2N8O/c1-30(2)7-12-39(13-8-30)20-23-17-25(33)26(18-24(23)32)41-21-27(34)36-31(22-41)9-14-40(15-10-31)29-19-28(38(3)37-29)35-11-5-4-6-16-42/h16-19,35H,4-15,20-22H2,1-3H3,(H2,34,36). The molecule has 11 heteroatoms. The first-order valence-electron chi connectivity index (χ1n) is 15.3. The molecule has 42 heavy (non-hydrogen) atoms. The smallest absolute Gasteiger partial charge is 0.152 e. The lowest BCUT2D eigenvalue weighted by molar-refractivity contribution is -0.107. The number of likely N-dealkylation sites (tertiary alicyclic amines) is 1. The molecule has 1 aromatic carbocycles. The Morgan fingerprint density at radius 1 is 1.00 bits per heavy atom. The number of nitrogens with two attached hydrogens (primary N) is 1. The van der Waals surface area contributed by atoms with Crippen LogP contribution in [0.5, 0.6) is 0 Å². The second-order valence-electron chi connectivity index (χ2n) is 13.1. The molecule has 230 valence electrons. The van der Waals surface area contributed by atoms with Gasteiger partial charge >= 0.3 is 0 Å². The van der Waals surface area contributed by atoms with E-state index in [0.717, 1.165) is 89.2 Å². The van der Waals surface area contributed by atoms with Gasteiger partial charge < -0.3 is 25.6 Å². The number of unbranched alkanes of at least 4 members (excludes halogenated alkanes) is 2. The molecule has 5 rings (SSSR count). The van der Waals surface area contributed by atoms with Crippen LogP contribution in [0.3, 0.4) is 0 Å². The minimum atomic E-state index is -0.449. The quantitative estimate of drug-likeness (QED) is 0.317. The molecular weight excluding hydrogens is 538 g/mol. The van der Waals surface area contributed by atoms with Gasteiger partial charge in [0.2, 0.25) is 0 Å². The minimum Gasteiger partial charge on any atom is -0.386 e. The number of aliphatic imine (C=N–C) groups is 1. The Bertz CT molecular complexity index is 1270. The number of aldehydes is 1. The van der Waals surface area contributed by atoms with E-state index in [2.05, 4.69) is 29.0 Å². The summed E-state index contributed by atoms with van der Waals surface area (Å²) in [4.78, 5) is 21.7. The van der Waals surface area contributed by atoms with Crippen molar-refractivity contribution < 1.29 is 13.6 Å². The fraction of sp³-hybridized carbons (Fsp3) is 0.645. The number of aryl methyl sites for hydroxylation is 1. The Hall–Kier alpha value is -3.21. The summed E-state index contributed by atoms with van der Waals surface area (Å²) in [6.07, 6.45) is 6.93. The van der Waals surface area contributed by atoms with E-state index < -0.39 is 11.4 Å². The SMILES string of the molecule is Cn1nc(N2CCC3(CC2)CN(c2cc(F)c(CN4CCC(C)(C)CC4)cc2F)CC(N)=N3)cc1NCCCCC=O. The van der Waals surface area contributed by atoms with Gasteiger partial charge in [-0.25, -0.2) is 8.78 Å². The van der Waals surface area contributed by atoms with Gasteiger partial charge in [0, 0.05) is 63.9 Å². The lowest BCUT2D eigenvalue weighted by Crippen LogP contribution is -2.56. The van der Waals surface area contributed by atoms with Gasteiger partial charge in [-0.15, -0.1) is 0 Å². The predicted octanol–water partition coefficient (Wildman–Crippen LogP) is 4.32. The fourth-order valence-corrected chi connectivity index (χ4v) is 6.41. The molecule has 9 nitrogen and oxygen atoms in total. The van der Waals surface area contributed by atoms with E-state index in [1.54, 1.807) is 0 Å². The third-order valence-electron chi connectivity index (χ3n) is 9.22. The topological polar surface area (TPSA) is 95.0 Å². The summed E-state index contributed by atoms with van der Waals surface area (Å²) < 4.78 is 32.7. The number of nitrogens with one attached hydrogen (secondary N) is 1. The van der Waals surface area contributed by atoms with Crippen LogP contribution >= 0.6 is 0 Å². The molecule has 3 aliphatic rings. The van der Waals surface area contributed by atoms with Crippen LogP contribution in [0, 0.1) is 17.0 Å². The molecule has 2 saturated heterocycles. The molecule has 0 unspecified atom stereocenters. The van der Waals surface area contributed by atoms with Gasteiger partial charge in [-0.05, 0) is 63.1 Å². The van der Waals surface area contributed by atoms with Crippen molar-refractivity contribution in [2.75, 3.05) is 60.9 Å². The fourth-order valence-electron chi connectivity index (χ4n) is 6.41. The van der Waals surface area contributed by atoms with Gasteiger partial charge in [-0.3, -0.25) is 14.6 Å². The Labute approximate surface area is 248 Å². The third kappa shape index (κ3) is 7.04. The maximum absolute atomic E-state index is 15.5. The predicted molar refractivity (Wildman–Crippen MR) is 164 cm³/mol. The molecule has 0 atom stereocenters. The molecule has 2 fully saturated rings. The number of benzene rings is 1. The Balaban J connectivity index is 1.21. The maximum atomic E-state index is 15.5. The van der Waals surface area contributed by atoms with E-state index in [9.17, 15) is 4.79 Å². The number of amidine groups is 1. The average molecular weight is 585 g/mol. The normalized spacial score (nSPS) is 20.5. The number of rotatable bonds is 10. The summed E-state index contributed by atoms with van der Waals surface area (Å²) in [6.45, 7) is 9.78. The van der Waals surface area contributed by atoms with Gasteiger partial charge in [0.05, 0.1) is 17.8 Å². The summed E-state index contributed by atoms with van der Waals surface area (Å²) in [5.41, 5.74) is 6.82. The van der Waals surface area contributed by atoms with Crippen molar-refractivity contribution in [1.29, 1.82) is 0 Å². The number of halogens is 2. The van der Waals surface area contributed by atoms with Crippen LogP contribution in [0.25, 0.3) is 0 Å². The van der Waals surface area contributed by atoms with E-state index in [4.69, 9.17) is 15.8 Å². The zero-order valence-electron chi connectivity index (χ0n) is 25.3. The second kappa shape index (κ2) is 12.6. The van der Waals surface area contributed by atoms with Crippen molar-refractivity contribution in [3.05, 3.63) is 35.4 Å². The molecular formula is C31H46F2N8O. The largest absolute Gasteiger partial charge is 0.386 e. The van der Waals surface area contributed by atoms with Crippen LogP contribution in [-0.4, -0.2) is 78.2 Å². The zero-order valence-corrected chi connectivity index (χ0v) is 25.3. The Morgan fingerprint density at radius 3 is 2.45 bits per heavy atom. The van der Waals surface area contributed by atoms with Crippen LogP contribution in [0.4, 0.5) is 26.1 Å². The first kappa shape index (κ1) is 30.3.